The Hall–Kier alpha value is -5.81. The van der Waals surface area contributed by atoms with Crippen molar-refractivity contribution in [1.82, 2.24) is 0 Å². The Morgan fingerprint density at radius 2 is 0.740 bits per heavy atom. The van der Waals surface area contributed by atoms with Gasteiger partial charge in [-0.05, 0) is 90.1 Å². The zero-order chi connectivity index (χ0) is 52.2. The van der Waals surface area contributed by atoms with E-state index < -0.39 is 89.5 Å². The third kappa shape index (κ3) is 15.6. The third-order valence-corrected chi connectivity index (χ3v) is 11.4. The molecule has 73 heavy (non-hydrogen) atoms. The minimum atomic E-state index is -2.70. The number of hydrogen-bond donors (Lipinski definition) is 0. The summed E-state index contributed by atoms with van der Waals surface area (Å²) in [6.45, 7) is 15.3. The van der Waals surface area contributed by atoms with Crippen LogP contribution in [0.4, 0.5) is 0 Å². The van der Waals surface area contributed by atoms with E-state index >= 15 is 4.79 Å². The first-order valence-corrected chi connectivity index (χ1v) is 24.7. The predicted octanol–water partition coefficient (Wildman–Crippen LogP) is 9.78. The van der Waals surface area contributed by atoms with Crippen molar-refractivity contribution >= 4 is 17.9 Å². The van der Waals surface area contributed by atoms with Crippen LogP contribution in [0.1, 0.15) is 90.1 Å². The van der Waals surface area contributed by atoms with E-state index in [1.54, 1.807) is 62.3 Å². The van der Waals surface area contributed by atoms with E-state index in [-0.39, 0.29) is 33.0 Å². The van der Waals surface area contributed by atoms with Gasteiger partial charge in [-0.15, -0.1) is 0 Å². The van der Waals surface area contributed by atoms with Crippen LogP contribution in [-0.4, -0.2) is 89.5 Å². The molecule has 0 aromatic heterocycles. The maximum atomic E-state index is 15.6. The van der Waals surface area contributed by atoms with E-state index in [9.17, 15) is 9.59 Å². The summed E-state index contributed by atoms with van der Waals surface area (Å²) in [6.07, 6.45) is -11.6. The lowest BCUT2D eigenvalue weighted by molar-refractivity contribution is -0.380. The summed E-state index contributed by atoms with van der Waals surface area (Å²) >= 11 is 0. The van der Waals surface area contributed by atoms with Crippen molar-refractivity contribution in [1.29, 1.82) is 0 Å². The fraction of sp³-hybridized carbons (Fsp3) is 0.441. The largest absolute Gasteiger partial charge is 0.458 e. The molecule has 0 bridgehead atoms. The summed E-state index contributed by atoms with van der Waals surface area (Å²) in [5, 5.41) is 0. The van der Waals surface area contributed by atoms with Gasteiger partial charge in [-0.1, -0.05) is 152 Å². The number of hydrogen-bond acceptors (Lipinski definition) is 14. The molecule has 5 aromatic rings. The molecular weight excluding hydrogens is 933 g/mol. The van der Waals surface area contributed by atoms with Gasteiger partial charge in [-0.3, -0.25) is 0 Å². The number of ether oxygens (including phenoxy) is 11. The molecule has 7 rings (SSSR count). The smallest absolute Gasteiger partial charge is 0.370 e. The van der Waals surface area contributed by atoms with Gasteiger partial charge in [0.05, 0.1) is 33.0 Å². The molecule has 2 aliphatic rings. The van der Waals surface area contributed by atoms with Crippen LogP contribution in [0.15, 0.2) is 152 Å². The van der Waals surface area contributed by atoms with Crippen LogP contribution < -0.4 is 0 Å². The maximum Gasteiger partial charge on any atom is 0.370 e. The summed E-state index contributed by atoms with van der Waals surface area (Å²) < 4.78 is 73.1. The van der Waals surface area contributed by atoms with Crippen molar-refractivity contribution in [3.05, 3.63) is 179 Å². The van der Waals surface area contributed by atoms with Crippen LogP contribution in [0.3, 0.4) is 0 Å². The zero-order valence-corrected chi connectivity index (χ0v) is 43.3. The van der Waals surface area contributed by atoms with E-state index in [2.05, 4.69) is 0 Å². The lowest BCUT2D eigenvalue weighted by atomic mass is 9.96. The molecule has 390 valence electrons. The second-order valence-electron chi connectivity index (χ2n) is 21.1. The van der Waals surface area contributed by atoms with Crippen molar-refractivity contribution in [2.24, 2.45) is 0 Å². The second kappa shape index (κ2) is 24.5. The highest BCUT2D eigenvalue weighted by Crippen LogP contribution is 2.44. The van der Waals surface area contributed by atoms with Crippen LogP contribution in [0.2, 0.25) is 0 Å². The van der Waals surface area contributed by atoms with Crippen molar-refractivity contribution < 1.29 is 66.5 Å². The fourth-order valence-corrected chi connectivity index (χ4v) is 8.28. The van der Waals surface area contributed by atoms with Crippen molar-refractivity contribution in [2.75, 3.05) is 0 Å². The van der Waals surface area contributed by atoms with Gasteiger partial charge in [0.2, 0.25) is 0 Å². The normalized spacial score (nSPS) is 24.4. The average Bonchev–Trinajstić information content (AvgIpc) is 3.67. The van der Waals surface area contributed by atoms with Crippen LogP contribution in [-0.2, 0) is 99.5 Å². The Kier molecular flexibility index (Phi) is 18.4. The average molecular weight is 1000 g/mol. The molecule has 0 spiro atoms. The Morgan fingerprint density at radius 1 is 0.411 bits per heavy atom. The molecule has 2 fully saturated rings. The molecule has 9 atom stereocenters. The SMILES string of the molecule is CC(C)(C)OC(=O)[C@H]1O[C@](O[C@H]2O[C@H](C(=O)OC(C)(C)C)[C@@H](OCc3ccccc3)[C@H](OCc3ccccc3)[C@H]2OCc2ccccc2)(C(=O)OC(C)(C)C)[C@@H](OCc2ccccc2)[C@@H]1OCc1ccccc1. The van der Waals surface area contributed by atoms with E-state index in [4.69, 9.17) is 52.1 Å². The summed E-state index contributed by atoms with van der Waals surface area (Å²) in [7, 11) is 0. The first-order chi connectivity index (χ1) is 34.8. The molecule has 5 aromatic carbocycles. The van der Waals surface area contributed by atoms with Crippen molar-refractivity contribution in [3.8, 4) is 0 Å². The fourth-order valence-electron chi connectivity index (χ4n) is 8.28. The number of carbonyl (C=O) groups is 3. The van der Waals surface area contributed by atoms with Gasteiger partial charge in [0.1, 0.15) is 41.2 Å². The summed E-state index contributed by atoms with van der Waals surface area (Å²) in [5.74, 6) is -5.45. The first kappa shape index (κ1) is 55.0. The van der Waals surface area contributed by atoms with Gasteiger partial charge < -0.3 is 52.1 Å². The highest BCUT2D eigenvalue weighted by atomic mass is 16.8. The van der Waals surface area contributed by atoms with Crippen LogP contribution >= 0.6 is 0 Å². The van der Waals surface area contributed by atoms with Gasteiger partial charge in [-0.25, -0.2) is 14.4 Å². The Balaban J connectivity index is 1.42. The van der Waals surface area contributed by atoms with Crippen LogP contribution in [0, 0.1) is 0 Å². The molecular formula is C59H70O14. The molecule has 14 nitrogen and oxygen atoms in total. The minimum Gasteiger partial charge on any atom is -0.458 e. The lowest BCUT2D eigenvalue weighted by Crippen LogP contribution is -2.66. The Morgan fingerprint density at radius 3 is 1.12 bits per heavy atom. The summed E-state index contributed by atoms with van der Waals surface area (Å²) in [4.78, 5) is 45.0. The predicted molar refractivity (Wildman–Crippen MR) is 270 cm³/mol. The van der Waals surface area contributed by atoms with Gasteiger partial charge in [-0.2, -0.15) is 0 Å². The molecule has 2 saturated heterocycles. The third-order valence-electron chi connectivity index (χ3n) is 11.4. The van der Waals surface area contributed by atoms with Gasteiger partial charge in [0, 0.05) is 0 Å². The topological polar surface area (TPSA) is 153 Å². The molecule has 0 radical (unpaired) electrons. The van der Waals surface area contributed by atoms with E-state index in [0.29, 0.717) is 0 Å². The molecule has 2 heterocycles. The quantitative estimate of drug-likeness (QED) is 0.0537. The molecule has 0 aliphatic carbocycles. The number of benzene rings is 5. The maximum absolute atomic E-state index is 15.6. The number of rotatable bonds is 20. The van der Waals surface area contributed by atoms with Crippen LogP contribution in [0.25, 0.3) is 0 Å². The summed E-state index contributed by atoms with van der Waals surface area (Å²) in [6, 6.07) is 47.0. The molecule has 0 unspecified atom stereocenters. The van der Waals surface area contributed by atoms with Crippen LogP contribution in [0.5, 0.6) is 0 Å². The van der Waals surface area contributed by atoms with E-state index in [1.807, 2.05) is 152 Å². The molecule has 0 saturated carbocycles. The first-order valence-electron chi connectivity index (χ1n) is 24.7. The minimum absolute atomic E-state index is 0.0139. The molecule has 0 amide bonds. The zero-order valence-electron chi connectivity index (χ0n) is 43.3. The second-order valence-corrected chi connectivity index (χ2v) is 21.1. The standard InChI is InChI=1S/C59H70O14/c1-56(2,3)70-52(60)48-45(63-35-40-25-15-10-16-26-40)46(64-36-41-27-17-11-18-28-41)50(66-38-43-31-21-13-22-32-43)54(68-48)72-59(55(62)73-58(7,8)9)51(67-39-44-33-23-14-24-34-44)47(65-37-42-29-19-12-20-30-42)49(69-59)53(61)71-57(4,5)6/h10-34,45-51,54H,35-39H2,1-9H3/t45-,46-,47+,48-,49-,50+,51-,54+,59+/m0/s1. The molecule has 0 N–H and O–H groups in total. The number of esters is 3. The van der Waals surface area contributed by atoms with E-state index in [1.165, 1.54) is 0 Å². The van der Waals surface area contributed by atoms with E-state index in [0.717, 1.165) is 27.8 Å². The number of carbonyl (C=O) groups excluding carboxylic acids is 3. The Bertz CT molecular complexity index is 2490. The highest BCUT2D eigenvalue weighted by molar-refractivity contribution is 5.83. The van der Waals surface area contributed by atoms with Crippen molar-refractivity contribution in [3.63, 3.8) is 0 Å². The lowest BCUT2D eigenvalue weighted by Gasteiger charge is -2.47. The van der Waals surface area contributed by atoms with Gasteiger partial charge in [0.15, 0.2) is 24.6 Å². The van der Waals surface area contributed by atoms with Crippen molar-refractivity contribution in [2.45, 2.75) is 167 Å². The summed E-state index contributed by atoms with van der Waals surface area (Å²) in [5.41, 5.74) is 0.718. The monoisotopic (exact) mass is 1000 g/mol. The van der Waals surface area contributed by atoms with Gasteiger partial charge >= 0.3 is 23.7 Å². The van der Waals surface area contributed by atoms with Gasteiger partial charge in [0.25, 0.3) is 0 Å². The molecule has 14 heteroatoms. The highest BCUT2D eigenvalue weighted by Gasteiger charge is 2.69. The Labute approximate surface area is 429 Å². The molecule has 2 aliphatic heterocycles.